The van der Waals surface area contributed by atoms with Crippen molar-refractivity contribution in [2.45, 2.75) is 19.8 Å². The molecule has 5 rings (SSSR count). The summed E-state index contributed by atoms with van der Waals surface area (Å²) in [7, 11) is 0. The van der Waals surface area contributed by atoms with Gasteiger partial charge in [-0.3, -0.25) is 9.89 Å². The summed E-state index contributed by atoms with van der Waals surface area (Å²) in [5.41, 5.74) is 6.93. The molecule has 0 bridgehead atoms. The summed E-state index contributed by atoms with van der Waals surface area (Å²) in [5.74, 6) is -0.171. The van der Waals surface area contributed by atoms with Crippen LogP contribution in [-0.4, -0.2) is 14.8 Å². The number of benzene rings is 3. The first-order valence-electron chi connectivity index (χ1n) is 10.1. The van der Waals surface area contributed by atoms with Crippen LogP contribution in [0.15, 0.2) is 89.9 Å². The van der Waals surface area contributed by atoms with Gasteiger partial charge in [0.15, 0.2) is 0 Å². The number of H-pyrrole nitrogens is 2. The standard InChI is InChI=1S/C26H23N3O/c1-17-12-14-19(15-13-17)25(22-16-27-23-11-7-6-10-21(22)23)24-18(2)28-29(26(24)30)20-8-4-3-5-9-20/h3-16,25,27-28H,1-2H3. The first kappa shape index (κ1) is 18.3. The molecule has 0 fully saturated rings. The van der Waals surface area contributed by atoms with Crippen molar-refractivity contribution in [3.8, 4) is 5.69 Å². The second kappa shape index (κ2) is 7.23. The molecule has 3 aromatic carbocycles. The number of nitrogens with zero attached hydrogens (tertiary/aromatic N) is 1. The zero-order chi connectivity index (χ0) is 20.7. The number of aromatic nitrogens is 3. The van der Waals surface area contributed by atoms with Crippen LogP contribution in [0.4, 0.5) is 0 Å². The van der Waals surface area contributed by atoms with Crippen LogP contribution in [0.25, 0.3) is 16.6 Å². The molecular weight excluding hydrogens is 370 g/mol. The molecule has 0 aliphatic rings. The summed E-state index contributed by atoms with van der Waals surface area (Å²) in [6.07, 6.45) is 2.04. The van der Waals surface area contributed by atoms with Crippen molar-refractivity contribution in [3.05, 3.63) is 123 Å². The Morgan fingerprint density at radius 2 is 1.53 bits per heavy atom. The fraction of sp³-hybridized carbons (Fsp3) is 0.115. The second-order valence-corrected chi connectivity index (χ2v) is 7.76. The lowest BCUT2D eigenvalue weighted by Crippen LogP contribution is -2.20. The maximum Gasteiger partial charge on any atom is 0.275 e. The second-order valence-electron chi connectivity index (χ2n) is 7.76. The highest BCUT2D eigenvalue weighted by atomic mass is 16.1. The molecule has 2 N–H and O–H groups in total. The van der Waals surface area contributed by atoms with Gasteiger partial charge in [0.1, 0.15) is 0 Å². The van der Waals surface area contributed by atoms with Gasteiger partial charge in [-0.15, -0.1) is 0 Å². The number of para-hydroxylation sites is 2. The molecule has 0 radical (unpaired) electrons. The van der Waals surface area contributed by atoms with Crippen molar-refractivity contribution in [1.82, 2.24) is 14.8 Å². The molecule has 5 aromatic rings. The van der Waals surface area contributed by atoms with Crippen LogP contribution in [0.2, 0.25) is 0 Å². The Balaban J connectivity index is 1.77. The van der Waals surface area contributed by atoms with Gasteiger partial charge in [0.25, 0.3) is 5.56 Å². The fourth-order valence-electron chi connectivity index (χ4n) is 4.25. The van der Waals surface area contributed by atoms with Crippen LogP contribution in [0, 0.1) is 13.8 Å². The molecular formula is C26H23N3O. The van der Waals surface area contributed by atoms with Crippen molar-refractivity contribution in [2.75, 3.05) is 0 Å². The molecule has 4 heteroatoms. The quantitative estimate of drug-likeness (QED) is 0.419. The van der Waals surface area contributed by atoms with E-state index in [0.717, 1.165) is 39.0 Å². The van der Waals surface area contributed by atoms with Gasteiger partial charge in [-0.2, -0.15) is 0 Å². The lowest BCUT2D eigenvalue weighted by atomic mass is 9.85. The largest absolute Gasteiger partial charge is 0.361 e. The van der Waals surface area contributed by atoms with E-state index in [4.69, 9.17) is 0 Å². The fourth-order valence-corrected chi connectivity index (χ4v) is 4.25. The maximum absolute atomic E-state index is 13.6. The molecule has 148 valence electrons. The Labute approximate surface area is 174 Å². The molecule has 1 unspecified atom stereocenters. The Hall–Kier alpha value is -3.79. The average Bonchev–Trinajstić information content (AvgIpc) is 3.32. The third-order valence-corrected chi connectivity index (χ3v) is 5.76. The van der Waals surface area contributed by atoms with E-state index in [0.29, 0.717) is 0 Å². The zero-order valence-corrected chi connectivity index (χ0v) is 17.0. The van der Waals surface area contributed by atoms with Crippen LogP contribution in [0.5, 0.6) is 0 Å². The van der Waals surface area contributed by atoms with Crippen molar-refractivity contribution in [1.29, 1.82) is 0 Å². The highest BCUT2D eigenvalue weighted by Crippen LogP contribution is 2.36. The molecule has 2 aromatic heterocycles. The van der Waals surface area contributed by atoms with E-state index in [1.807, 2.05) is 55.6 Å². The van der Waals surface area contributed by atoms with Crippen LogP contribution < -0.4 is 5.56 Å². The molecule has 0 amide bonds. The van der Waals surface area contributed by atoms with Crippen molar-refractivity contribution < 1.29 is 0 Å². The number of hydrogen-bond donors (Lipinski definition) is 2. The topological polar surface area (TPSA) is 53.6 Å². The lowest BCUT2D eigenvalue weighted by molar-refractivity contribution is 0.833. The number of hydrogen-bond acceptors (Lipinski definition) is 1. The molecule has 1 atom stereocenters. The SMILES string of the molecule is Cc1ccc(C(c2c(C)[nH]n(-c3ccccc3)c2=O)c2c[nH]c3ccccc23)cc1. The normalized spacial score (nSPS) is 12.3. The molecule has 0 saturated heterocycles. The summed E-state index contributed by atoms with van der Waals surface area (Å²) >= 11 is 0. The Bertz CT molecular complexity index is 1370. The Kier molecular flexibility index (Phi) is 4.40. The molecule has 0 spiro atoms. The van der Waals surface area contributed by atoms with E-state index in [1.54, 1.807) is 4.68 Å². The van der Waals surface area contributed by atoms with Crippen molar-refractivity contribution in [2.24, 2.45) is 0 Å². The molecule has 0 aliphatic carbocycles. The minimum atomic E-state index is -0.171. The van der Waals surface area contributed by atoms with Crippen molar-refractivity contribution >= 4 is 10.9 Å². The zero-order valence-electron chi connectivity index (χ0n) is 17.0. The van der Waals surface area contributed by atoms with Gasteiger partial charge in [-0.25, -0.2) is 4.68 Å². The first-order chi connectivity index (χ1) is 14.6. The van der Waals surface area contributed by atoms with E-state index < -0.39 is 0 Å². The smallest absolute Gasteiger partial charge is 0.275 e. The van der Waals surface area contributed by atoms with Gasteiger partial charge in [-0.05, 0) is 43.2 Å². The number of aromatic amines is 2. The van der Waals surface area contributed by atoms with Gasteiger partial charge < -0.3 is 4.98 Å². The summed E-state index contributed by atoms with van der Waals surface area (Å²) in [5, 5.41) is 4.43. The first-order valence-corrected chi connectivity index (χ1v) is 10.1. The van der Waals surface area contributed by atoms with Crippen molar-refractivity contribution in [3.63, 3.8) is 0 Å². The van der Waals surface area contributed by atoms with E-state index in [9.17, 15) is 4.79 Å². The monoisotopic (exact) mass is 393 g/mol. The van der Waals surface area contributed by atoms with Crippen LogP contribution in [0.1, 0.15) is 33.9 Å². The van der Waals surface area contributed by atoms with Crippen LogP contribution in [-0.2, 0) is 0 Å². The van der Waals surface area contributed by atoms with Gasteiger partial charge >= 0.3 is 0 Å². The predicted octanol–water partition coefficient (Wildman–Crippen LogP) is 5.44. The average molecular weight is 393 g/mol. The van der Waals surface area contributed by atoms with E-state index in [2.05, 4.69) is 53.4 Å². The number of fused-ring (bicyclic) bond motifs is 1. The summed E-state index contributed by atoms with van der Waals surface area (Å²) in [6, 6.07) is 26.4. The van der Waals surface area contributed by atoms with Gasteiger partial charge in [-0.1, -0.05) is 66.2 Å². The maximum atomic E-state index is 13.6. The third-order valence-electron chi connectivity index (χ3n) is 5.76. The van der Waals surface area contributed by atoms with Gasteiger partial charge in [0.2, 0.25) is 0 Å². The summed E-state index contributed by atoms with van der Waals surface area (Å²) < 4.78 is 1.64. The Morgan fingerprint density at radius 1 is 0.833 bits per heavy atom. The van der Waals surface area contributed by atoms with Crippen LogP contribution in [0.3, 0.4) is 0 Å². The summed E-state index contributed by atoms with van der Waals surface area (Å²) in [4.78, 5) is 17.0. The van der Waals surface area contributed by atoms with Crippen LogP contribution >= 0.6 is 0 Å². The van der Waals surface area contributed by atoms with Gasteiger partial charge in [0, 0.05) is 28.7 Å². The molecule has 4 nitrogen and oxygen atoms in total. The lowest BCUT2D eigenvalue weighted by Gasteiger charge is -2.17. The molecule has 30 heavy (non-hydrogen) atoms. The minimum absolute atomic E-state index is 0.0189. The highest BCUT2D eigenvalue weighted by molar-refractivity contribution is 5.84. The molecule has 0 saturated carbocycles. The molecule has 2 heterocycles. The molecule has 0 aliphatic heterocycles. The number of aryl methyl sites for hydroxylation is 2. The van der Waals surface area contributed by atoms with Gasteiger partial charge in [0.05, 0.1) is 11.3 Å². The number of nitrogens with one attached hydrogen (secondary N) is 2. The van der Waals surface area contributed by atoms with E-state index in [-0.39, 0.29) is 11.5 Å². The number of rotatable bonds is 4. The Morgan fingerprint density at radius 3 is 2.30 bits per heavy atom. The third kappa shape index (κ3) is 2.98. The van der Waals surface area contributed by atoms with E-state index >= 15 is 0 Å². The van der Waals surface area contributed by atoms with E-state index in [1.165, 1.54) is 5.56 Å². The predicted molar refractivity (Wildman–Crippen MR) is 122 cm³/mol. The minimum Gasteiger partial charge on any atom is -0.361 e. The highest BCUT2D eigenvalue weighted by Gasteiger charge is 2.27. The summed E-state index contributed by atoms with van der Waals surface area (Å²) in [6.45, 7) is 4.06.